The number of likely N-dealkylation sites (tertiary alicyclic amines) is 1. The predicted molar refractivity (Wildman–Crippen MR) is 78.8 cm³/mol. The number of hydrogen-bond donors (Lipinski definition) is 1. The van der Waals surface area contributed by atoms with Gasteiger partial charge in [-0.1, -0.05) is 6.07 Å². The molecule has 21 heavy (non-hydrogen) atoms. The van der Waals surface area contributed by atoms with Crippen LogP contribution in [0.1, 0.15) is 32.3 Å². The van der Waals surface area contributed by atoms with Gasteiger partial charge in [-0.05, 0) is 32.4 Å². The third-order valence-electron chi connectivity index (χ3n) is 3.95. The zero-order chi connectivity index (χ0) is 15.1. The van der Waals surface area contributed by atoms with E-state index in [0.717, 1.165) is 6.07 Å². The van der Waals surface area contributed by atoms with Crippen molar-refractivity contribution in [2.24, 2.45) is 5.92 Å². The maximum atomic E-state index is 13.9. The molecule has 0 aliphatic carbocycles. The van der Waals surface area contributed by atoms with Gasteiger partial charge in [0.2, 0.25) is 0 Å². The smallest absolute Gasteiger partial charge is 0.308 e. The molecule has 1 saturated heterocycles. The van der Waals surface area contributed by atoms with E-state index in [-0.39, 0.29) is 23.5 Å². The van der Waals surface area contributed by atoms with E-state index in [9.17, 15) is 18.7 Å². The van der Waals surface area contributed by atoms with Crippen LogP contribution in [0.25, 0.3) is 0 Å². The molecule has 118 valence electrons. The highest BCUT2D eigenvalue weighted by Gasteiger charge is 2.42. The van der Waals surface area contributed by atoms with Crippen LogP contribution in [-0.2, 0) is 4.79 Å². The van der Waals surface area contributed by atoms with E-state index in [4.69, 9.17) is 0 Å². The van der Waals surface area contributed by atoms with Gasteiger partial charge in [0.25, 0.3) is 0 Å². The molecule has 2 rings (SSSR count). The molecule has 0 amide bonds. The molecule has 0 saturated carbocycles. The molecule has 1 aliphatic rings. The zero-order valence-corrected chi connectivity index (χ0v) is 13.1. The van der Waals surface area contributed by atoms with Crippen LogP contribution in [-0.4, -0.2) is 34.6 Å². The number of rotatable bonds is 2. The normalized spacial score (nSPS) is 22.9. The maximum Gasteiger partial charge on any atom is 0.308 e. The molecule has 6 heteroatoms. The van der Waals surface area contributed by atoms with Crippen molar-refractivity contribution in [1.82, 2.24) is 4.90 Å². The molecule has 0 spiro atoms. The fourth-order valence-corrected chi connectivity index (χ4v) is 2.72. The second kappa shape index (κ2) is 6.28. The van der Waals surface area contributed by atoms with Crippen LogP contribution in [0.3, 0.4) is 0 Å². The fraction of sp³-hybridized carbons (Fsp3) is 0.533. The summed E-state index contributed by atoms with van der Waals surface area (Å²) in [7, 11) is 0. The maximum absolute atomic E-state index is 13.9. The van der Waals surface area contributed by atoms with Crippen molar-refractivity contribution < 1.29 is 18.7 Å². The second-order valence-corrected chi connectivity index (χ2v) is 6.29. The number of carbonyl (C=O) groups is 1. The van der Waals surface area contributed by atoms with E-state index in [2.05, 4.69) is 0 Å². The number of nitrogens with zero attached hydrogens (tertiary/aromatic N) is 1. The Bertz CT molecular complexity index is 531. The molecule has 1 N–H and O–H groups in total. The number of benzene rings is 1. The lowest BCUT2D eigenvalue weighted by Gasteiger charge is -2.31. The van der Waals surface area contributed by atoms with Gasteiger partial charge >= 0.3 is 5.97 Å². The predicted octanol–water partition coefficient (Wildman–Crippen LogP) is 3.29. The van der Waals surface area contributed by atoms with E-state index < -0.39 is 29.4 Å². The van der Waals surface area contributed by atoms with Gasteiger partial charge in [-0.25, -0.2) is 8.78 Å². The molecule has 1 aliphatic heterocycles. The molecule has 0 aromatic heterocycles. The summed E-state index contributed by atoms with van der Waals surface area (Å²) in [6, 6.07) is 3.35. The minimum absolute atomic E-state index is 0. The number of hydrogen-bond acceptors (Lipinski definition) is 2. The molecule has 2 atom stereocenters. The monoisotopic (exact) mass is 319 g/mol. The number of aliphatic carboxylic acids is 1. The van der Waals surface area contributed by atoms with Gasteiger partial charge in [0.1, 0.15) is 11.6 Å². The van der Waals surface area contributed by atoms with Crippen molar-refractivity contribution in [2.75, 3.05) is 13.1 Å². The van der Waals surface area contributed by atoms with E-state index in [1.54, 1.807) is 0 Å². The van der Waals surface area contributed by atoms with Crippen LogP contribution in [0.4, 0.5) is 8.78 Å². The number of halogens is 3. The van der Waals surface area contributed by atoms with Crippen LogP contribution in [0, 0.1) is 17.6 Å². The Morgan fingerprint density at radius 3 is 2.38 bits per heavy atom. The summed E-state index contributed by atoms with van der Waals surface area (Å²) in [5.41, 5.74) is 0.101. The van der Waals surface area contributed by atoms with Crippen LogP contribution >= 0.6 is 12.4 Å². The summed E-state index contributed by atoms with van der Waals surface area (Å²) in [5.74, 6) is -3.38. The number of carboxylic acids is 1. The van der Waals surface area contributed by atoms with Gasteiger partial charge in [0.05, 0.1) is 5.92 Å². The summed E-state index contributed by atoms with van der Waals surface area (Å²) < 4.78 is 26.9. The molecule has 1 fully saturated rings. The van der Waals surface area contributed by atoms with Crippen LogP contribution in [0.5, 0.6) is 0 Å². The SMILES string of the molecule is CC(C)(C)N1C[C@H](C(=O)O)[C@H](c2ccc(F)cc2F)C1.Cl. The van der Waals surface area contributed by atoms with Gasteiger partial charge in [-0.3, -0.25) is 9.69 Å². The lowest BCUT2D eigenvalue weighted by Crippen LogP contribution is -2.40. The first-order valence-electron chi connectivity index (χ1n) is 6.63. The largest absolute Gasteiger partial charge is 0.481 e. The van der Waals surface area contributed by atoms with Crippen molar-refractivity contribution in [2.45, 2.75) is 32.2 Å². The minimum atomic E-state index is -0.939. The average Bonchev–Trinajstić information content (AvgIpc) is 2.73. The van der Waals surface area contributed by atoms with Crippen LogP contribution < -0.4 is 0 Å². The van der Waals surface area contributed by atoms with Crippen molar-refractivity contribution >= 4 is 18.4 Å². The van der Waals surface area contributed by atoms with Crippen molar-refractivity contribution in [3.63, 3.8) is 0 Å². The van der Waals surface area contributed by atoms with E-state index in [0.29, 0.717) is 13.1 Å². The van der Waals surface area contributed by atoms with Crippen molar-refractivity contribution in [3.8, 4) is 0 Å². The molecule has 0 bridgehead atoms. The minimum Gasteiger partial charge on any atom is -0.481 e. The summed E-state index contributed by atoms with van der Waals surface area (Å²) in [4.78, 5) is 13.4. The zero-order valence-electron chi connectivity index (χ0n) is 12.3. The Balaban J connectivity index is 0.00000220. The standard InChI is InChI=1S/C15H19F2NO2.ClH/c1-15(2,3)18-7-11(12(8-18)14(19)20)10-5-4-9(16)6-13(10)17;/h4-6,11-12H,7-8H2,1-3H3,(H,19,20);1H/t11-,12-;/m0./s1. The second-order valence-electron chi connectivity index (χ2n) is 6.29. The molecule has 0 unspecified atom stereocenters. The summed E-state index contributed by atoms with van der Waals surface area (Å²) in [5, 5.41) is 9.35. The molecule has 1 aromatic carbocycles. The first-order chi connectivity index (χ1) is 9.20. The van der Waals surface area contributed by atoms with E-state index >= 15 is 0 Å². The lowest BCUT2D eigenvalue weighted by atomic mass is 9.88. The first-order valence-corrected chi connectivity index (χ1v) is 6.63. The van der Waals surface area contributed by atoms with Crippen molar-refractivity contribution in [1.29, 1.82) is 0 Å². The third kappa shape index (κ3) is 3.71. The Kier molecular flexibility index (Phi) is 5.34. The molecule has 1 aromatic rings. The molecule has 0 radical (unpaired) electrons. The molecule has 3 nitrogen and oxygen atoms in total. The van der Waals surface area contributed by atoms with E-state index in [1.807, 2.05) is 25.7 Å². The summed E-state index contributed by atoms with van der Waals surface area (Å²) in [6.07, 6.45) is 0. The average molecular weight is 320 g/mol. The van der Waals surface area contributed by atoms with Gasteiger partial charge < -0.3 is 5.11 Å². The highest BCUT2D eigenvalue weighted by molar-refractivity contribution is 5.85. The Morgan fingerprint density at radius 2 is 1.90 bits per heavy atom. The fourth-order valence-electron chi connectivity index (χ4n) is 2.72. The third-order valence-corrected chi connectivity index (χ3v) is 3.95. The Labute approximate surface area is 129 Å². The quantitative estimate of drug-likeness (QED) is 0.909. The topological polar surface area (TPSA) is 40.5 Å². The van der Waals surface area contributed by atoms with Crippen LogP contribution in [0.15, 0.2) is 18.2 Å². The Morgan fingerprint density at radius 1 is 1.29 bits per heavy atom. The van der Waals surface area contributed by atoms with E-state index in [1.165, 1.54) is 12.1 Å². The molecule has 1 heterocycles. The first kappa shape index (κ1) is 17.9. The highest BCUT2D eigenvalue weighted by atomic mass is 35.5. The highest BCUT2D eigenvalue weighted by Crippen LogP contribution is 2.37. The van der Waals surface area contributed by atoms with Gasteiger partial charge in [0, 0.05) is 30.6 Å². The molecular weight excluding hydrogens is 300 g/mol. The van der Waals surface area contributed by atoms with Gasteiger partial charge in [-0.2, -0.15) is 0 Å². The number of carboxylic acid groups (broad SMARTS) is 1. The summed E-state index contributed by atoms with van der Waals surface area (Å²) in [6.45, 7) is 6.82. The van der Waals surface area contributed by atoms with Gasteiger partial charge in [0.15, 0.2) is 0 Å². The lowest BCUT2D eigenvalue weighted by molar-refractivity contribution is -0.141. The molecular formula is C15H20ClF2NO2. The Hall–Kier alpha value is -1.20. The van der Waals surface area contributed by atoms with Gasteiger partial charge in [-0.15, -0.1) is 12.4 Å². The van der Waals surface area contributed by atoms with Crippen LogP contribution in [0.2, 0.25) is 0 Å². The summed E-state index contributed by atoms with van der Waals surface area (Å²) >= 11 is 0. The van der Waals surface area contributed by atoms with Crippen molar-refractivity contribution in [3.05, 3.63) is 35.4 Å².